The van der Waals surface area contributed by atoms with Crippen molar-refractivity contribution in [1.29, 1.82) is 0 Å². The van der Waals surface area contributed by atoms with Crippen LogP contribution >= 0.6 is 34.8 Å². The third-order valence-electron chi connectivity index (χ3n) is 2.73. The summed E-state index contributed by atoms with van der Waals surface area (Å²) in [4.78, 5) is 11.9. The molecule has 0 aliphatic carbocycles. The van der Waals surface area contributed by atoms with Crippen molar-refractivity contribution in [3.8, 4) is 5.75 Å². The van der Waals surface area contributed by atoms with Crippen molar-refractivity contribution in [2.45, 2.75) is 6.92 Å². The molecule has 0 fully saturated rings. The SMILES string of the molecule is Cc1cc(OCC(=O)Nc2c(Cl)cccc2Cl)ccc1Cl. The van der Waals surface area contributed by atoms with E-state index in [4.69, 9.17) is 39.5 Å². The van der Waals surface area contributed by atoms with Crippen LogP contribution in [0, 0.1) is 6.92 Å². The van der Waals surface area contributed by atoms with Crippen LogP contribution in [0.4, 0.5) is 5.69 Å². The minimum Gasteiger partial charge on any atom is -0.484 e. The highest BCUT2D eigenvalue weighted by Gasteiger charge is 2.10. The Labute approximate surface area is 137 Å². The van der Waals surface area contributed by atoms with Gasteiger partial charge >= 0.3 is 0 Å². The molecule has 0 unspecified atom stereocenters. The first-order chi connectivity index (χ1) is 9.97. The second-order valence-electron chi connectivity index (χ2n) is 4.34. The quantitative estimate of drug-likeness (QED) is 0.850. The molecule has 0 radical (unpaired) electrons. The molecule has 0 heterocycles. The molecule has 2 aromatic rings. The fourth-order valence-corrected chi connectivity index (χ4v) is 2.26. The fourth-order valence-electron chi connectivity index (χ4n) is 1.65. The van der Waals surface area contributed by atoms with Crippen LogP contribution in [-0.2, 0) is 4.79 Å². The second kappa shape index (κ2) is 7.03. The average molecular weight is 345 g/mol. The number of benzene rings is 2. The van der Waals surface area contributed by atoms with Gasteiger partial charge in [0.15, 0.2) is 6.61 Å². The molecule has 0 bridgehead atoms. The Morgan fingerprint density at radius 2 is 1.76 bits per heavy atom. The lowest BCUT2D eigenvalue weighted by atomic mass is 10.2. The van der Waals surface area contributed by atoms with Gasteiger partial charge in [-0.05, 0) is 42.8 Å². The molecule has 6 heteroatoms. The van der Waals surface area contributed by atoms with E-state index in [0.29, 0.717) is 26.5 Å². The molecule has 0 aliphatic rings. The molecule has 3 nitrogen and oxygen atoms in total. The molecule has 0 aromatic heterocycles. The summed E-state index contributed by atoms with van der Waals surface area (Å²) in [6.45, 7) is 1.71. The van der Waals surface area contributed by atoms with Crippen LogP contribution in [-0.4, -0.2) is 12.5 Å². The molecule has 0 saturated carbocycles. The van der Waals surface area contributed by atoms with Gasteiger partial charge in [0.1, 0.15) is 5.75 Å². The number of para-hydroxylation sites is 1. The Balaban J connectivity index is 1.97. The Morgan fingerprint density at radius 3 is 2.38 bits per heavy atom. The molecule has 21 heavy (non-hydrogen) atoms. The van der Waals surface area contributed by atoms with Crippen molar-refractivity contribution in [1.82, 2.24) is 0 Å². The predicted octanol–water partition coefficient (Wildman–Crippen LogP) is 4.97. The van der Waals surface area contributed by atoms with E-state index >= 15 is 0 Å². The van der Waals surface area contributed by atoms with Gasteiger partial charge in [-0.2, -0.15) is 0 Å². The minimum atomic E-state index is -0.349. The van der Waals surface area contributed by atoms with E-state index in [-0.39, 0.29) is 12.5 Å². The molecule has 0 spiro atoms. The Kier molecular flexibility index (Phi) is 5.34. The number of rotatable bonds is 4. The van der Waals surface area contributed by atoms with Gasteiger partial charge in [0.25, 0.3) is 5.91 Å². The molecular weight excluding hydrogens is 333 g/mol. The van der Waals surface area contributed by atoms with Crippen LogP contribution < -0.4 is 10.1 Å². The standard InChI is InChI=1S/C15H12Cl3NO2/c1-9-7-10(5-6-11(9)16)21-8-14(20)19-15-12(17)3-2-4-13(15)18/h2-7H,8H2,1H3,(H,19,20). The number of halogens is 3. The van der Waals surface area contributed by atoms with E-state index in [0.717, 1.165) is 5.56 Å². The van der Waals surface area contributed by atoms with Gasteiger partial charge in [-0.15, -0.1) is 0 Å². The molecule has 1 amide bonds. The zero-order valence-corrected chi connectivity index (χ0v) is 13.4. The number of ether oxygens (including phenoxy) is 1. The number of carbonyl (C=O) groups is 1. The highest BCUT2D eigenvalue weighted by molar-refractivity contribution is 6.39. The summed E-state index contributed by atoms with van der Waals surface area (Å²) in [5, 5.41) is 4.02. The molecular formula is C15H12Cl3NO2. The predicted molar refractivity (Wildman–Crippen MR) is 86.8 cm³/mol. The number of hydrogen-bond acceptors (Lipinski definition) is 2. The molecule has 0 aliphatic heterocycles. The molecule has 2 aromatic carbocycles. The van der Waals surface area contributed by atoms with Crippen LogP contribution in [0.3, 0.4) is 0 Å². The summed E-state index contributed by atoms with van der Waals surface area (Å²) < 4.78 is 5.40. The molecule has 2 rings (SSSR count). The molecule has 110 valence electrons. The maximum atomic E-state index is 11.9. The first-order valence-corrected chi connectivity index (χ1v) is 7.23. The summed E-state index contributed by atoms with van der Waals surface area (Å²) in [6.07, 6.45) is 0. The molecule has 0 saturated heterocycles. The number of nitrogens with one attached hydrogen (secondary N) is 1. The van der Waals surface area contributed by atoms with E-state index in [1.807, 2.05) is 6.92 Å². The van der Waals surface area contributed by atoms with Crippen molar-refractivity contribution >= 4 is 46.4 Å². The van der Waals surface area contributed by atoms with Gasteiger partial charge in [0.05, 0.1) is 15.7 Å². The van der Waals surface area contributed by atoms with E-state index < -0.39 is 0 Å². The monoisotopic (exact) mass is 343 g/mol. The largest absolute Gasteiger partial charge is 0.484 e. The van der Waals surface area contributed by atoms with Crippen molar-refractivity contribution < 1.29 is 9.53 Å². The summed E-state index contributed by atoms with van der Waals surface area (Å²) >= 11 is 17.9. The summed E-state index contributed by atoms with van der Waals surface area (Å²) in [7, 11) is 0. The van der Waals surface area contributed by atoms with Crippen molar-refractivity contribution in [2.75, 3.05) is 11.9 Å². The summed E-state index contributed by atoms with van der Waals surface area (Å²) in [6, 6.07) is 10.2. The van der Waals surface area contributed by atoms with E-state index in [2.05, 4.69) is 5.32 Å². The first kappa shape index (κ1) is 16.0. The van der Waals surface area contributed by atoms with E-state index in [1.54, 1.807) is 36.4 Å². The highest BCUT2D eigenvalue weighted by Crippen LogP contribution is 2.29. The Hall–Kier alpha value is -1.42. The smallest absolute Gasteiger partial charge is 0.262 e. The zero-order valence-electron chi connectivity index (χ0n) is 11.1. The van der Waals surface area contributed by atoms with E-state index in [9.17, 15) is 4.79 Å². The number of amides is 1. The molecule has 0 atom stereocenters. The van der Waals surface area contributed by atoms with Crippen LogP contribution in [0.2, 0.25) is 15.1 Å². The van der Waals surface area contributed by atoms with Crippen LogP contribution in [0.25, 0.3) is 0 Å². The Bertz CT molecular complexity index is 654. The maximum absolute atomic E-state index is 11.9. The van der Waals surface area contributed by atoms with Crippen LogP contribution in [0.15, 0.2) is 36.4 Å². The average Bonchev–Trinajstić information content (AvgIpc) is 2.44. The fraction of sp³-hybridized carbons (Fsp3) is 0.133. The number of hydrogen-bond donors (Lipinski definition) is 1. The highest BCUT2D eigenvalue weighted by atomic mass is 35.5. The molecule has 1 N–H and O–H groups in total. The summed E-state index contributed by atoms with van der Waals surface area (Å²) in [5.74, 6) is 0.218. The van der Waals surface area contributed by atoms with Crippen molar-refractivity contribution in [3.05, 3.63) is 57.0 Å². The van der Waals surface area contributed by atoms with Gasteiger partial charge in [-0.3, -0.25) is 4.79 Å². The normalized spacial score (nSPS) is 10.3. The van der Waals surface area contributed by atoms with Crippen LogP contribution in [0.5, 0.6) is 5.75 Å². The van der Waals surface area contributed by atoms with Gasteiger partial charge in [-0.1, -0.05) is 40.9 Å². The third-order valence-corrected chi connectivity index (χ3v) is 3.78. The minimum absolute atomic E-state index is 0.150. The van der Waals surface area contributed by atoms with Gasteiger partial charge < -0.3 is 10.1 Å². The Morgan fingerprint density at radius 1 is 1.10 bits per heavy atom. The number of anilines is 1. The van der Waals surface area contributed by atoms with Gasteiger partial charge in [0.2, 0.25) is 0 Å². The summed E-state index contributed by atoms with van der Waals surface area (Å²) in [5.41, 5.74) is 1.26. The van der Waals surface area contributed by atoms with Crippen molar-refractivity contribution in [2.24, 2.45) is 0 Å². The maximum Gasteiger partial charge on any atom is 0.262 e. The van der Waals surface area contributed by atoms with E-state index in [1.165, 1.54) is 0 Å². The van der Waals surface area contributed by atoms with Gasteiger partial charge in [-0.25, -0.2) is 0 Å². The topological polar surface area (TPSA) is 38.3 Å². The number of carbonyl (C=O) groups excluding carboxylic acids is 1. The lowest BCUT2D eigenvalue weighted by Crippen LogP contribution is -2.20. The van der Waals surface area contributed by atoms with Crippen LogP contribution in [0.1, 0.15) is 5.56 Å². The number of aryl methyl sites for hydroxylation is 1. The van der Waals surface area contributed by atoms with Gasteiger partial charge in [0, 0.05) is 5.02 Å². The second-order valence-corrected chi connectivity index (χ2v) is 5.57. The lowest BCUT2D eigenvalue weighted by Gasteiger charge is -2.10. The first-order valence-electron chi connectivity index (χ1n) is 6.10. The lowest BCUT2D eigenvalue weighted by molar-refractivity contribution is -0.118. The van der Waals surface area contributed by atoms with Crippen molar-refractivity contribution in [3.63, 3.8) is 0 Å². The third kappa shape index (κ3) is 4.27. The zero-order chi connectivity index (χ0) is 15.4.